The van der Waals surface area contributed by atoms with E-state index in [1.807, 2.05) is 30.0 Å². The van der Waals surface area contributed by atoms with Crippen molar-refractivity contribution in [2.75, 3.05) is 46.0 Å². The van der Waals surface area contributed by atoms with Crippen LogP contribution in [0.25, 0.3) is 0 Å². The second-order valence-corrected chi connectivity index (χ2v) is 5.32. The summed E-state index contributed by atoms with van der Waals surface area (Å²) in [7, 11) is 3.38. The molecule has 4 nitrogen and oxygen atoms in total. The molecule has 0 atom stereocenters. The first-order chi connectivity index (χ1) is 9.81. The van der Waals surface area contributed by atoms with Gasteiger partial charge in [0, 0.05) is 25.8 Å². The zero-order valence-electron chi connectivity index (χ0n) is 12.6. The summed E-state index contributed by atoms with van der Waals surface area (Å²) in [5.74, 6) is 2.90. The van der Waals surface area contributed by atoms with Gasteiger partial charge in [-0.2, -0.15) is 11.8 Å². The van der Waals surface area contributed by atoms with Crippen molar-refractivity contribution in [2.45, 2.75) is 13.0 Å². The maximum atomic E-state index is 5.86. The van der Waals surface area contributed by atoms with Gasteiger partial charge in [0.25, 0.3) is 0 Å². The molecule has 0 saturated carbocycles. The van der Waals surface area contributed by atoms with Gasteiger partial charge in [-0.1, -0.05) is 0 Å². The molecule has 0 spiro atoms. The van der Waals surface area contributed by atoms with E-state index in [1.54, 1.807) is 14.2 Å². The number of nitrogens with one attached hydrogen (secondary N) is 1. The fraction of sp³-hybridized carbons (Fsp3) is 0.600. The molecule has 1 aromatic rings. The number of benzene rings is 1. The molecule has 0 bridgehead atoms. The van der Waals surface area contributed by atoms with E-state index in [4.69, 9.17) is 14.2 Å². The summed E-state index contributed by atoms with van der Waals surface area (Å²) in [6, 6.07) is 5.93. The molecular weight excluding hydrogens is 274 g/mol. The van der Waals surface area contributed by atoms with Gasteiger partial charge >= 0.3 is 0 Å². The summed E-state index contributed by atoms with van der Waals surface area (Å²) in [4.78, 5) is 0. The Morgan fingerprint density at radius 1 is 1.20 bits per heavy atom. The Morgan fingerprint density at radius 3 is 2.75 bits per heavy atom. The largest absolute Gasteiger partial charge is 0.497 e. The van der Waals surface area contributed by atoms with Crippen LogP contribution in [0.4, 0.5) is 0 Å². The van der Waals surface area contributed by atoms with Crippen molar-refractivity contribution in [3.63, 3.8) is 0 Å². The van der Waals surface area contributed by atoms with Gasteiger partial charge in [0.15, 0.2) is 0 Å². The highest BCUT2D eigenvalue weighted by atomic mass is 32.2. The quantitative estimate of drug-likeness (QED) is 0.636. The van der Waals surface area contributed by atoms with Gasteiger partial charge in [0.2, 0.25) is 0 Å². The van der Waals surface area contributed by atoms with Gasteiger partial charge in [0.1, 0.15) is 11.5 Å². The van der Waals surface area contributed by atoms with Crippen LogP contribution in [0.2, 0.25) is 0 Å². The average Bonchev–Trinajstić information content (AvgIpc) is 2.49. The third kappa shape index (κ3) is 6.50. The summed E-state index contributed by atoms with van der Waals surface area (Å²) in [5.41, 5.74) is 1.12. The Morgan fingerprint density at radius 2 is 2.05 bits per heavy atom. The molecule has 0 unspecified atom stereocenters. The average molecular weight is 299 g/mol. The molecule has 20 heavy (non-hydrogen) atoms. The molecule has 0 fully saturated rings. The molecule has 5 heteroatoms. The van der Waals surface area contributed by atoms with E-state index in [-0.39, 0.29) is 0 Å². The molecule has 114 valence electrons. The van der Waals surface area contributed by atoms with Gasteiger partial charge in [-0.25, -0.2) is 0 Å². The molecule has 0 heterocycles. The predicted molar refractivity (Wildman–Crippen MR) is 85.1 cm³/mol. The minimum Gasteiger partial charge on any atom is -0.497 e. The Kier molecular flexibility index (Phi) is 9.28. The first-order valence-electron chi connectivity index (χ1n) is 6.80. The van der Waals surface area contributed by atoms with Crippen LogP contribution in [-0.4, -0.2) is 46.0 Å². The summed E-state index contributed by atoms with van der Waals surface area (Å²) in [6.07, 6.45) is 3.17. The topological polar surface area (TPSA) is 39.7 Å². The lowest BCUT2D eigenvalue weighted by Crippen LogP contribution is -2.19. The Hall–Kier alpha value is -0.910. The SMILES string of the molecule is COCCNCc1cc(OC)ccc1OCCCSC. The highest BCUT2D eigenvalue weighted by Crippen LogP contribution is 2.24. The predicted octanol–water partition coefficient (Wildman–Crippen LogP) is 2.56. The molecule has 0 amide bonds. The van der Waals surface area contributed by atoms with E-state index in [2.05, 4.69) is 11.6 Å². The van der Waals surface area contributed by atoms with E-state index >= 15 is 0 Å². The van der Waals surface area contributed by atoms with Crippen LogP contribution >= 0.6 is 11.8 Å². The number of methoxy groups -OCH3 is 2. The molecule has 0 aliphatic heterocycles. The molecule has 0 aromatic heterocycles. The first kappa shape index (κ1) is 17.1. The highest BCUT2D eigenvalue weighted by molar-refractivity contribution is 7.98. The van der Waals surface area contributed by atoms with Crippen molar-refractivity contribution in [3.05, 3.63) is 23.8 Å². The number of rotatable bonds is 11. The van der Waals surface area contributed by atoms with E-state index in [0.29, 0.717) is 6.61 Å². The number of thioether (sulfide) groups is 1. The van der Waals surface area contributed by atoms with Gasteiger partial charge < -0.3 is 19.5 Å². The standard InChI is InChI=1S/C15H25NO3S/c1-17-9-7-16-12-13-11-14(18-2)5-6-15(13)19-8-4-10-20-3/h5-6,11,16H,4,7-10,12H2,1-3H3. The van der Waals surface area contributed by atoms with Crippen molar-refractivity contribution < 1.29 is 14.2 Å². The lowest BCUT2D eigenvalue weighted by Gasteiger charge is -2.13. The van der Waals surface area contributed by atoms with Crippen molar-refractivity contribution in [2.24, 2.45) is 0 Å². The fourth-order valence-electron chi connectivity index (χ4n) is 1.74. The second-order valence-electron chi connectivity index (χ2n) is 4.34. The summed E-state index contributed by atoms with van der Waals surface area (Å²) in [6.45, 7) is 3.02. The van der Waals surface area contributed by atoms with Gasteiger partial charge in [0.05, 0.1) is 20.3 Å². The second kappa shape index (κ2) is 10.8. The molecule has 1 rings (SSSR count). The maximum absolute atomic E-state index is 5.86. The Labute approximate surface area is 126 Å². The Balaban J connectivity index is 2.56. The molecule has 1 N–H and O–H groups in total. The highest BCUT2D eigenvalue weighted by Gasteiger charge is 2.05. The van der Waals surface area contributed by atoms with Gasteiger partial charge in [-0.3, -0.25) is 0 Å². The number of hydrogen-bond acceptors (Lipinski definition) is 5. The number of ether oxygens (including phenoxy) is 3. The molecular formula is C15H25NO3S. The maximum Gasteiger partial charge on any atom is 0.124 e. The summed E-state index contributed by atoms with van der Waals surface area (Å²) in [5, 5.41) is 3.33. The molecule has 0 aliphatic rings. The van der Waals surface area contributed by atoms with Crippen LogP contribution in [0.5, 0.6) is 11.5 Å². The monoisotopic (exact) mass is 299 g/mol. The minimum atomic E-state index is 0.702. The smallest absolute Gasteiger partial charge is 0.124 e. The van der Waals surface area contributed by atoms with Gasteiger partial charge in [-0.15, -0.1) is 0 Å². The van der Waals surface area contributed by atoms with Crippen molar-refractivity contribution >= 4 is 11.8 Å². The summed E-state index contributed by atoms with van der Waals surface area (Å²) >= 11 is 1.84. The van der Waals surface area contributed by atoms with Crippen LogP contribution < -0.4 is 14.8 Å². The molecule has 0 saturated heterocycles. The van der Waals surface area contributed by atoms with Crippen LogP contribution in [0.3, 0.4) is 0 Å². The van der Waals surface area contributed by atoms with E-state index in [0.717, 1.165) is 48.9 Å². The fourth-order valence-corrected chi connectivity index (χ4v) is 2.15. The van der Waals surface area contributed by atoms with Crippen LogP contribution in [0.15, 0.2) is 18.2 Å². The zero-order valence-corrected chi connectivity index (χ0v) is 13.4. The van der Waals surface area contributed by atoms with Crippen molar-refractivity contribution in [1.29, 1.82) is 0 Å². The summed E-state index contributed by atoms with van der Waals surface area (Å²) < 4.78 is 16.2. The molecule has 1 aromatic carbocycles. The van der Waals surface area contributed by atoms with E-state index in [9.17, 15) is 0 Å². The van der Waals surface area contributed by atoms with Gasteiger partial charge in [-0.05, 0) is 36.6 Å². The zero-order chi connectivity index (χ0) is 14.6. The van der Waals surface area contributed by atoms with Crippen LogP contribution in [0.1, 0.15) is 12.0 Å². The lowest BCUT2D eigenvalue weighted by atomic mass is 10.2. The third-order valence-electron chi connectivity index (χ3n) is 2.82. The van der Waals surface area contributed by atoms with Crippen molar-refractivity contribution in [3.8, 4) is 11.5 Å². The third-order valence-corrected chi connectivity index (χ3v) is 3.51. The molecule has 0 aliphatic carbocycles. The first-order valence-corrected chi connectivity index (χ1v) is 8.19. The molecule has 0 radical (unpaired) electrons. The van der Waals surface area contributed by atoms with E-state index < -0.39 is 0 Å². The van der Waals surface area contributed by atoms with E-state index in [1.165, 1.54) is 0 Å². The lowest BCUT2D eigenvalue weighted by molar-refractivity contribution is 0.199. The van der Waals surface area contributed by atoms with Crippen LogP contribution in [0, 0.1) is 0 Å². The van der Waals surface area contributed by atoms with Crippen molar-refractivity contribution in [1.82, 2.24) is 5.32 Å². The minimum absolute atomic E-state index is 0.702. The normalized spacial score (nSPS) is 10.6. The van der Waals surface area contributed by atoms with Crippen LogP contribution in [-0.2, 0) is 11.3 Å². The Bertz CT molecular complexity index is 374. The number of hydrogen-bond donors (Lipinski definition) is 1.